The molecule has 0 unspecified atom stereocenters. The Balaban J connectivity index is 3.33. The Kier molecular flexibility index (Phi) is 3.68. The van der Waals surface area contributed by atoms with E-state index in [1.54, 1.807) is 12.1 Å². The summed E-state index contributed by atoms with van der Waals surface area (Å²) in [5.41, 5.74) is 3.01. The molecular formula is C12H12N2O. The second kappa shape index (κ2) is 5.00. The molecule has 0 heterocycles. The van der Waals surface area contributed by atoms with Gasteiger partial charge >= 0.3 is 0 Å². The van der Waals surface area contributed by atoms with Crippen LogP contribution in [0.4, 0.5) is 0 Å². The predicted octanol–water partition coefficient (Wildman–Crippen LogP) is 2.49. The van der Waals surface area contributed by atoms with E-state index >= 15 is 0 Å². The lowest BCUT2D eigenvalue weighted by atomic mass is 9.99. The fraction of sp³-hybridized carbons (Fsp3) is 0.0833. The van der Waals surface area contributed by atoms with Crippen molar-refractivity contribution in [3.63, 3.8) is 0 Å². The number of carbonyl (C=O) groups excluding carboxylic acids is 1. The molecule has 0 aromatic heterocycles. The molecule has 1 rings (SSSR count). The van der Waals surface area contributed by atoms with E-state index in [2.05, 4.69) is 0 Å². The Hall–Kier alpha value is -2.03. The summed E-state index contributed by atoms with van der Waals surface area (Å²) >= 11 is 0. The molecule has 0 radical (unpaired) electrons. The van der Waals surface area contributed by atoms with Crippen LogP contribution >= 0.6 is 0 Å². The number of hydrogen-bond donors (Lipinski definition) is 2. The average molecular weight is 200 g/mol. The van der Waals surface area contributed by atoms with Crippen LogP contribution < -0.4 is 0 Å². The van der Waals surface area contributed by atoms with Crippen LogP contribution in [0.2, 0.25) is 0 Å². The number of carbonyl (C=O) groups is 1. The number of hydrogen-bond acceptors (Lipinski definition) is 3. The van der Waals surface area contributed by atoms with E-state index in [-0.39, 0.29) is 0 Å². The Labute approximate surface area is 88.5 Å². The maximum absolute atomic E-state index is 10.6. The van der Waals surface area contributed by atoms with Crippen LogP contribution in [0, 0.1) is 17.7 Å². The molecule has 2 N–H and O–H groups in total. The SMILES string of the molecule is Cc1ccc(C=O)cc1/C(C=N)=C/C=N. The molecule has 1 aromatic carbocycles. The van der Waals surface area contributed by atoms with E-state index in [1.807, 2.05) is 13.0 Å². The van der Waals surface area contributed by atoms with Crippen LogP contribution in [0.3, 0.4) is 0 Å². The first-order valence-electron chi connectivity index (χ1n) is 4.50. The third-order valence-electron chi connectivity index (χ3n) is 2.13. The number of benzene rings is 1. The molecule has 3 heteroatoms. The Morgan fingerprint density at radius 2 is 2.07 bits per heavy atom. The fourth-order valence-electron chi connectivity index (χ4n) is 1.33. The maximum atomic E-state index is 10.6. The lowest BCUT2D eigenvalue weighted by Gasteiger charge is -2.06. The molecule has 0 atom stereocenters. The van der Waals surface area contributed by atoms with Crippen molar-refractivity contribution in [3.8, 4) is 0 Å². The summed E-state index contributed by atoms with van der Waals surface area (Å²) < 4.78 is 0. The number of allylic oxidation sites excluding steroid dienone is 2. The maximum Gasteiger partial charge on any atom is 0.150 e. The molecule has 15 heavy (non-hydrogen) atoms. The van der Waals surface area contributed by atoms with Crippen LogP contribution in [0.25, 0.3) is 5.57 Å². The number of nitrogens with one attached hydrogen (secondary N) is 2. The zero-order chi connectivity index (χ0) is 11.3. The van der Waals surface area contributed by atoms with Gasteiger partial charge in [-0.1, -0.05) is 12.1 Å². The predicted molar refractivity (Wildman–Crippen MR) is 62.1 cm³/mol. The largest absolute Gasteiger partial charge is 0.309 e. The van der Waals surface area contributed by atoms with Gasteiger partial charge < -0.3 is 10.8 Å². The quantitative estimate of drug-likeness (QED) is 0.569. The molecule has 3 nitrogen and oxygen atoms in total. The van der Waals surface area contributed by atoms with E-state index in [9.17, 15) is 4.79 Å². The summed E-state index contributed by atoms with van der Waals surface area (Å²) in [6.07, 6.45) is 4.62. The Morgan fingerprint density at radius 1 is 1.33 bits per heavy atom. The van der Waals surface area contributed by atoms with E-state index in [0.717, 1.165) is 23.6 Å². The topological polar surface area (TPSA) is 64.8 Å². The van der Waals surface area contributed by atoms with Gasteiger partial charge in [-0.2, -0.15) is 0 Å². The van der Waals surface area contributed by atoms with Gasteiger partial charge in [-0.05, 0) is 30.2 Å². The number of aryl methyl sites for hydroxylation is 1. The first-order chi connectivity index (χ1) is 7.22. The molecule has 76 valence electrons. The fourth-order valence-corrected chi connectivity index (χ4v) is 1.33. The van der Waals surface area contributed by atoms with Crippen molar-refractivity contribution >= 4 is 24.3 Å². The van der Waals surface area contributed by atoms with Gasteiger partial charge in [0.1, 0.15) is 6.29 Å². The third-order valence-corrected chi connectivity index (χ3v) is 2.13. The second-order valence-corrected chi connectivity index (χ2v) is 3.13. The summed E-state index contributed by atoms with van der Waals surface area (Å²) in [6.45, 7) is 1.91. The molecule has 0 amide bonds. The molecule has 0 saturated carbocycles. The van der Waals surface area contributed by atoms with Gasteiger partial charge in [0, 0.05) is 23.6 Å². The zero-order valence-corrected chi connectivity index (χ0v) is 8.45. The van der Waals surface area contributed by atoms with Crippen LogP contribution in [-0.2, 0) is 0 Å². The molecule has 1 aromatic rings. The van der Waals surface area contributed by atoms with E-state index in [0.29, 0.717) is 11.1 Å². The van der Waals surface area contributed by atoms with Crippen molar-refractivity contribution < 1.29 is 4.79 Å². The molecule has 0 fully saturated rings. The first-order valence-corrected chi connectivity index (χ1v) is 4.50. The molecule has 0 aliphatic carbocycles. The summed E-state index contributed by atoms with van der Waals surface area (Å²) in [4.78, 5) is 10.6. The number of rotatable bonds is 4. The summed E-state index contributed by atoms with van der Waals surface area (Å²) in [6, 6.07) is 5.29. The average Bonchev–Trinajstić information content (AvgIpc) is 2.27. The number of aldehydes is 1. The highest BCUT2D eigenvalue weighted by atomic mass is 16.1. The van der Waals surface area contributed by atoms with E-state index in [4.69, 9.17) is 10.8 Å². The van der Waals surface area contributed by atoms with Gasteiger partial charge in [-0.3, -0.25) is 4.79 Å². The minimum atomic E-state index is 0.577. The smallest absolute Gasteiger partial charge is 0.150 e. The zero-order valence-electron chi connectivity index (χ0n) is 8.45. The molecule has 0 spiro atoms. The van der Waals surface area contributed by atoms with E-state index < -0.39 is 0 Å². The van der Waals surface area contributed by atoms with Gasteiger partial charge in [-0.15, -0.1) is 0 Å². The molecular weight excluding hydrogens is 188 g/mol. The van der Waals surface area contributed by atoms with Crippen molar-refractivity contribution in [1.29, 1.82) is 10.8 Å². The highest BCUT2D eigenvalue weighted by Gasteiger charge is 2.03. The van der Waals surface area contributed by atoms with Crippen molar-refractivity contribution in [3.05, 3.63) is 41.0 Å². The normalized spacial score (nSPS) is 10.9. The minimum Gasteiger partial charge on any atom is -0.309 e. The Bertz CT molecular complexity index is 433. The van der Waals surface area contributed by atoms with Gasteiger partial charge in [0.2, 0.25) is 0 Å². The lowest BCUT2D eigenvalue weighted by molar-refractivity contribution is 0.112. The van der Waals surface area contributed by atoms with Gasteiger partial charge in [0.05, 0.1) is 0 Å². The van der Waals surface area contributed by atoms with E-state index in [1.165, 1.54) is 12.3 Å². The molecule has 0 saturated heterocycles. The van der Waals surface area contributed by atoms with Crippen molar-refractivity contribution in [2.75, 3.05) is 0 Å². The Morgan fingerprint density at radius 3 is 2.60 bits per heavy atom. The molecule has 0 aliphatic heterocycles. The third kappa shape index (κ3) is 2.47. The first kappa shape index (κ1) is 11.0. The second-order valence-electron chi connectivity index (χ2n) is 3.13. The monoisotopic (exact) mass is 200 g/mol. The lowest BCUT2D eigenvalue weighted by Crippen LogP contribution is -1.93. The highest BCUT2D eigenvalue weighted by molar-refractivity contribution is 6.13. The van der Waals surface area contributed by atoms with Crippen LogP contribution in [0.15, 0.2) is 24.3 Å². The van der Waals surface area contributed by atoms with Crippen molar-refractivity contribution in [2.45, 2.75) is 6.92 Å². The van der Waals surface area contributed by atoms with Gasteiger partial charge in [-0.25, -0.2) is 0 Å². The molecule has 0 bridgehead atoms. The highest BCUT2D eigenvalue weighted by Crippen LogP contribution is 2.18. The van der Waals surface area contributed by atoms with Gasteiger partial charge in [0.25, 0.3) is 0 Å². The van der Waals surface area contributed by atoms with Crippen molar-refractivity contribution in [2.24, 2.45) is 0 Å². The summed E-state index contributed by atoms with van der Waals surface area (Å²) in [5.74, 6) is 0. The van der Waals surface area contributed by atoms with Crippen LogP contribution in [-0.4, -0.2) is 18.7 Å². The molecule has 0 aliphatic rings. The van der Waals surface area contributed by atoms with Crippen LogP contribution in [0.5, 0.6) is 0 Å². The standard InChI is InChI=1S/C12H12N2O/c1-9-2-3-10(8-15)6-12(9)11(7-14)4-5-13/h2-8,13-14H,1H3/b11-4+,13-5?,14-7?. The summed E-state index contributed by atoms with van der Waals surface area (Å²) in [7, 11) is 0. The van der Waals surface area contributed by atoms with Crippen molar-refractivity contribution in [1.82, 2.24) is 0 Å². The van der Waals surface area contributed by atoms with Crippen LogP contribution in [0.1, 0.15) is 21.5 Å². The van der Waals surface area contributed by atoms with Gasteiger partial charge in [0.15, 0.2) is 0 Å². The summed E-state index contributed by atoms with van der Waals surface area (Å²) in [5, 5.41) is 14.2. The minimum absolute atomic E-state index is 0.577.